The van der Waals surface area contributed by atoms with Crippen molar-refractivity contribution in [3.63, 3.8) is 0 Å². The van der Waals surface area contributed by atoms with Crippen LogP contribution in [0.15, 0.2) is 24.3 Å². The highest BCUT2D eigenvalue weighted by atomic mass is 32.1. The Morgan fingerprint density at radius 2 is 2.06 bits per heavy atom. The van der Waals surface area contributed by atoms with Gasteiger partial charge in [0.2, 0.25) is 0 Å². The summed E-state index contributed by atoms with van der Waals surface area (Å²) < 4.78 is 0. The Bertz CT molecular complexity index is 561. The topological polar surface area (TPSA) is 26.0 Å². The fourth-order valence-electron chi connectivity index (χ4n) is 2.77. The number of thiophene rings is 1. The quantitative estimate of drug-likeness (QED) is 0.867. The van der Waals surface area contributed by atoms with Crippen molar-refractivity contribution in [2.45, 2.75) is 39.2 Å². The third kappa shape index (κ3) is 1.90. The Labute approximate surface area is 113 Å². The number of fused-ring (bicyclic) bond motifs is 1. The van der Waals surface area contributed by atoms with Crippen LogP contribution in [0.3, 0.4) is 0 Å². The van der Waals surface area contributed by atoms with Gasteiger partial charge in [0.25, 0.3) is 0 Å². The number of nitrogens with two attached hydrogens (primary N) is 1. The second kappa shape index (κ2) is 4.52. The van der Waals surface area contributed by atoms with E-state index in [0.717, 1.165) is 0 Å². The molecule has 1 aliphatic carbocycles. The van der Waals surface area contributed by atoms with Crippen molar-refractivity contribution < 1.29 is 0 Å². The van der Waals surface area contributed by atoms with Crippen LogP contribution in [-0.2, 0) is 12.8 Å². The third-order valence-electron chi connectivity index (χ3n) is 4.05. The van der Waals surface area contributed by atoms with E-state index in [2.05, 4.69) is 38.1 Å². The Morgan fingerprint density at radius 1 is 1.22 bits per heavy atom. The number of aryl methyl sites for hydroxylation is 3. The molecule has 1 aromatic heterocycles. The molecule has 1 unspecified atom stereocenters. The van der Waals surface area contributed by atoms with E-state index in [1.165, 1.54) is 46.4 Å². The molecule has 0 saturated heterocycles. The van der Waals surface area contributed by atoms with Crippen LogP contribution in [-0.4, -0.2) is 0 Å². The molecule has 2 aromatic rings. The van der Waals surface area contributed by atoms with Crippen molar-refractivity contribution in [1.82, 2.24) is 0 Å². The molecule has 0 bridgehead atoms. The largest absolute Gasteiger partial charge is 0.320 e. The van der Waals surface area contributed by atoms with Gasteiger partial charge in [-0.15, -0.1) is 11.3 Å². The fraction of sp³-hybridized carbons (Fsp3) is 0.375. The Morgan fingerprint density at radius 3 is 2.83 bits per heavy atom. The maximum absolute atomic E-state index is 6.46. The van der Waals surface area contributed by atoms with Gasteiger partial charge in [-0.2, -0.15) is 0 Å². The first-order chi connectivity index (χ1) is 8.66. The highest BCUT2D eigenvalue weighted by Gasteiger charge is 2.20. The molecule has 1 aliphatic rings. The molecule has 0 fully saturated rings. The Hall–Kier alpha value is -1.12. The highest BCUT2D eigenvalue weighted by Crippen LogP contribution is 2.36. The Balaban J connectivity index is 1.98. The van der Waals surface area contributed by atoms with Gasteiger partial charge in [-0.1, -0.05) is 18.2 Å². The zero-order valence-corrected chi connectivity index (χ0v) is 11.8. The van der Waals surface area contributed by atoms with E-state index in [1.54, 1.807) is 4.88 Å². The molecular weight excluding hydrogens is 238 g/mol. The lowest BCUT2D eigenvalue weighted by Crippen LogP contribution is -2.12. The van der Waals surface area contributed by atoms with Crippen LogP contribution < -0.4 is 5.73 Å². The SMILES string of the molecule is Cc1cccc(C(N)c2cc3c(s2)CCC3)c1C. The highest BCUT2D eigenvalue weighted by molar-refractivity contribution is 7.12. The van der Waals surface area contributed by atoms with Gasteiger partial charge in [-0.25, -0.2) is 0 Å². The van der Waals surface area contributed by atoms with E-state index >= 15 is 0 Å². The summed E-state index contributed by atoms with van der Waals surface area (Å²) in [5.41, 5.74) is 11.9. The summed E-state index contributed by atoms with van der Waals surface area (Å²) in [5.74, 6) is 0. The van der Waals surface area contributed by atoms with Gasteiger partial charge in [-0.05, 0) is 61.4 Å². The molecule has 2 heteroatoms. The number of hydrogen-bond acceptors (Lipinski definition) is 2. The van der Waals surface area contributed by atoms with E-state index in [4.69, 9.17) is 5.73 Å². The van der Waals surface area contributed by atoms with Crippen molar-refractivity contribution in [2.24, 2.45) is 5.73 Å². The molecular formula is C16H19NS. The molecule has 0 aliphatic heterocycles. The monoisotopic (exact) mass is 257 g/mol. The first kappa shape index (κ1) is 11.9. The van der Waals surface area contributed by atoms with Gasteiger partial charge in [0.1, 0.15) is 0 Å². The van der Waals surface area contributed by atoms with Crippen molar-refractivity contribution in [2.75, 3.05) is 0 Å². The van der Waals surface area contributed by atoms with E-state index in [0.29, 0.717) is 0 Å². The van der Waals surface area contributed by atoms with Gasteiger partial charge >= 0.3 is 0 Å². The lowest BCUT2D eigenvalue weighted by atomic mass is 9.97. The summed E-state index contributed by atoms with van der Waals surface area (Å²) in [5, 5.41) is 0. The normalized spacial score (nSPS) is 15.7. The second-order valence-corrected chi connectivity index (χ2v) is 6.39. The minimum Gasteiger partial charge on any atom is -0.320 e. The van der Waals surface area contributed by atoms with Crippen LogP contribution in [0.4, 0.5) is 0 Å². The molecule has 1 aromatic carbocycles. The van der Waals surface area contributed by atoms with Crippen molar-refractivity contribution in [3.05, 3.63) is 56.3 Å². The van der Waals surface area contributed by atoms with Crippen molar-refractivity contribution in [3.8, 4) is 0 Å². The molecule has 18 heavy (non-hydrogen) atoms. The van der Waals surface area contributed by atoms with Gasteiger partial charge in [0.05, 0.1) is 6.04 Å². The predicted octanol–water partition coefficient (Wildman–Crippen LogP) is 3.90. The van der Waals surface area contributed by atoms with Crippen LogP contribution >= 0.6 is 11.3 Å². The lowest BCUT2D eigenvalue weighted by Gasteiger charge is -2.15. The van der Waals surface area contributed by atoms with E-state index in [-0.39, 0.29) is 6.04 Å². The van der Waals surface area contributed by atoms with E-state index in [9.17, 15) is 0 Å². The standard InChI is InChI=1S/C16H19NS/c1-10-5-3-7-13(11(10)2)16(17)15-9-12-6-4-8-14(12)18-15/h3,5,7,9,16H,4,6,8,17H2,1-2H3. The second-order valence-electron chi connectivity index (χ2n) is 5.22. The minimum absolute atomic E-state index is 0.0421. The average Bonchev–Trinajstić information content (AvgIpc) is 2.92. The first-order valence-electron chi connectivity index (χ1n) is 6.60. The molecule has 1 atom stereocenters. The molecule has 2 N–H and O–H groups in total. The zero-order valence-electron chi connectivity index (χ0n) is 11.0. The summed E-state index contributed by atoms with van der Waals surface area (Å²) in [6.07, 6.45) is 3.81. The lowest BCUT2D eigenvalue weighted by molar-refractivity contribution is 0.871. The van der Waals surface area contributed by atoms with Crippen LogP contribution in [0, 0.1) is 13.8 Å². The number of benzene rings is 1. The molecule has 0 radical (unpaired) electrons. The van der Waals surface area contributed by atoms with Crippen LogP contribution in [0.25, 0.3) is 0 Å². The van der Waals surface area contributed by atoms with Crippen LogP contribution in [0.2, 0.25) is 0 Å². The van der Waals surface area contributed by atoms with Gasteiger partial charge in [0, 0.05) is 9.75 Å². The van der Waals surface area contributed by atoms with Crippen molar-refractivity contribution >= 4 is 11.3 Å². The van der Waals surface area contributed by atoms with Gasteiger partial charge in [-0.3, -0.25) is 0 Å². The number of rotatable bonds is 2. The minimum atomic E-state index is 0.0421. The molecule has 1 nitrogen and oxygen atoms in total. The van der Waals surface area contributed by atoms with Crippen molar-refractivity contribution in [1.29, 1.82) is 0 Å². The third-order valence-corrected chi connectivity index (χ3v) is 5.37. The first-order valence-corrected chi connectivity index (χ1v) is 7.41. The number of hydrogen-bond donors (Lipinski definition) is 1. The average molecular weight is 257 g/mol. The summed E-state index contributed by atoms with van der Waals surface area (Å²) in [4.78, 5) is 2.89. The molecule has 3 rings (SSSR count). The summed E-state index contributed by atoms with van der Waals surface area (Å²) in [6.45, 7) is 4.33. The Kier molecular flexibility index (Phi) is 3.00. The van der Waals surface area contributed by atoms with Gasteiger partial charge in [0.15, 0.2) is 0 Å². The maximum Gasteiger partial charge on any atom is 0.0648 e. The fourth-order valence-corrected chi connectivity index (χ4v) is 4.05. The summed E-state index contributed by atoms with van der Waals surface area (Å²) in [7, 11) is 0. The molecule has 94 valence electrons. The summed E-state index contributed by atoms with van der Waals surface area (Å²) >= 11 is 1.91. The smallest absolute Gasteiger partial charge is 0.0648 e. The zero-order chi connectivity index (χ0) is 12.7. The van der Waals surface area contributed by atoms with Crippen LogP contribution in [0.1, 0.15) is 44.5 Å². The molecule has 0 amide bonds. The van der Waals surface area contributed by atoms with E-state index in [1.807, 2.05) is 11.3 Å². The maximum atomic E-state index is 6.46. The van der Waals surface area contributed by atoms with Crippen LogP contribution in [0.5, 0.6) is 0 Å². The van der Waals surface area contributed by atoms with Gasteiger partial charge < -0.3 is 5.73 Å². The van der Waals surface area contributed by atoms with E-state index < -0.39 is 0 Å². The molecule has 1 heterocycles. The molecule has 0 saturated carbocycles. The molecule has 0 spiro atoms. The summed E-state index contributed by atoms with van der Waals surface area (Å²) in [6, 6.07) is 8.80. The predicted molar refractivity (Wildman–Crippen MR) is 78.3 cm³/mol.